The van der Waals surface area contributed by atoms with Gasteiger partial charge in [-0.05, 0) is 60.4 Å². The molecule has 0 radical (unpaired) electrons. The Morgan fingerprint density at radius 2 is 1.00 bits per heavy atom. The molecule has 26 heavy (non-hydrogen) atoms. The second-order valence-corrected chi connectivity index (χ2v) is 6.03. The second kappa shape index (κ2) is 8.81. The van der Waals surface area contributed by atoms with E-state index in [9.17, 15) is 9.59 Å². The molecule has 0 bridgehead atoms. The van der Waals surface area contributed by atoms with Gasteiger partial charge in [0.1, 0.15) is 11.5 Å². The fourth-order valence-electron chi connectivity index (χ4n) is 2.03. The number of rotatable bonds is 9. The van der Waals surface area contributed by atoms with Gasteiger partial charge in [-0.25, -0.2) is 0 Å². The molecule has 2 aromatic rings. The molecule has 0 aliphatic carbocycles. The molecule has 0 amide bonds. The van der Waals surface area contributed by atoms with E-state index < -0.39 is 0 Å². The summed E-state index contributed by atoms with van der Waals surface area (Å²) in [4.78, 5) is 23.0. The Hall–Kier alpha value is -3.14. The van der Waals surface area contributed by atoms with Crippen molar-refractivity contribution in [1.29, 1.82) is 0 Å². The highest BCUT2D eigenvalue weighted by Gasteiger charge is 2.06. The predicted molar refractivity (Wildman–Crippen MR) is 103 cm³/mol. The predicted octanol–water partition coefficient (Wildman–Crippen LogP) is 4.40. The Morgan fingerprint density at radius 3 is 1.27 bits per heavy atom. The van der Waals surface area contributed by atoms with E-state index in [1.807, 2.05) is 48.5 Å². The first-order chi connectivity index (χ1) is 12.4. The summed E-state index contributed by atoms with van der Waals surface area (Å²) in [5, 5.41) is 0. The van der Waals surface area contributed by atoms with Crippen molar-refractivity contribution >= 4 is 11.6 Å². The van der Waals surface area contributed by atoms with Gasteiger partial charge in [-0.1, -0.05) is 37.4 Å². The standard InChI is InChI=1S/C22H22O4/c1-15(2)21(23)13-25-19-9-5-17(6-10-19)18-7-11-20(12-8-18)26-14-22(24)16(3)4/h5-12H,1,3,13-14H2,2,4H3. The first-order valence-corrected chi connectivity index (χ1v) is 8.20. The minimum absolute atomic E-state index is 0.0103. The smallest absolute Gasteiger partial charge is 0.195 e. The quantitative estimate of drug-likeness (QED) is 0.629. The zero-order valence-corrected chi connectivity index (χ0v) is 15.1. The summed E-state index contributed by atoms with van der Waals surface area (Å²) in [7, 11) is 0. The topological polar surface area (TPSA) is 52.6 Å². The Kier molecular flexibility index (Phi) is 6.50. The third-order valence-electron chi connectivity index (χ3n) is 3.73. The second-order valence-electron chi connectivity index (χ2n) is 6.03. The molecule has 2 aromatic carbocycles. The van der Waals surface area contributed by atoms with Crippen LogP contribution in [-0.2, 0) is 9.59 Å². The summed E-state index contributed by atoms with van der Waals surface area (Å²) in [6, 6.07) is 14.9. The average Bonchev–Trinajstić information content (AvgIpc) is 2.64. The third kappa shape index (κ3) is 5.45. The number of ether oxygens (including phenoxy) is 2. The Bertz CT molecular complexity index is 743. The number of carbonyl (C=O) groups is 2. The molecule has 4 nitrogen and oxygen atoms in total. The molecule has 0 aromatic heterocycles. The maximum absolute atomic E-state index is 11.5. The average molecular weight is 350 g/mol. The lowest BCUT2D eigenvalue weighted by Gasteiger charge is -2.08. The van der Waals surface area contributed by atoms with Gasteiger partial charge in [-0.3, -0.25) is 9.59 Å². The molecule has 0 aliphatic heterocycles. The lowest BCUT2D eigenvalue weighted by atomic mass is 10.1. The van der Waals surface area contributed by atoms with Crippen molar-refractivity contribution in [3.8, 4) is 22.6 Å². The van der Waals surface area contributed by atoms with Crippen LogP contribution >= 0.6 is 0 Å². The van der Waals surface area contributed by atoms with Crippen molar-refractivity contribution in [2.45, 2.75) is 13.8 Å². The Morgan fingerprint density at radius 1 is 0.692 bits per heavy atom. The minimum atomic E-state index is -0.116. The van der Waals surface area contributed by atoms with Gasteiger partial charge >= 0.3 is 0 Å². The van der Waals surface area contributed by atoms with Gasteiger partial charge in [0.15, 0.2) is 24.8 Å². The van der Waals surface area contributed by atoms with Crippen LogP contribution in [0, 0.1) is 0 Å². The molecule has 0 atom stereocenters. The zero-order chi connectivity index (χ0) is 19.1. The number of hydrogen-bond acceptors (Lipinski definition) is 4. The molecule has 0 saturated heterocycles. The largest absolute Gasteiger partial charge is 0.485 e. The van der Waals surface area contributed by atoms with E-state index >= 15 is 0 Å². The van der Waals surface area contributed by atoms with Crippen LogP contribution in [0.4, 0.5) is 0 Å². The van der Waals surface area contributed by atoms with Crippen LogP contribution in [0.2, 0.25) is 0 Å². The van der Waals surface area contributed by atoms with Crippen LogP contribution in [0.5, 0.6) is 11.5 Å². The Balaban J connectivity index is 1.96. The molecule has 4 heteroatoms. The summed E-state index contributed by atoms with van der Waals surface area (Å²) in [6.07, 6.45) is 0. The molecule has 0 fully saturated rings. The summed E-state index contributed by atoms with van der Waals surface area (Å²) >= 11 is 0. The van der Waals surface area contributed by atoms with Crippen molar-refractivity contribution in [3.63, 3.8) is 0 Å². The van der Waals surface area contributed by atoms with Crippen LogP contribution in [0.1, 0.15) is 13.8 Å². The van der Waals surface area contributed by atoms with Crippen molar-refractivity contribution in [2.75, 3.05) is 13.2 Å². The minimum Gasteiger partial charge on any atom is -0.485 e. The van der Waals surface area contributed by atoms with Gasteiger partial charge in [0.25, 0.3) is 0 Å². The summed E-state index contributed by atoms with van der Waals surface area (Å²) in [5.41, 5.74) is 2.98. The highest BCUT2D eigenvalue weighted by Crippen LogP contribution is 2.24. The van der Waals surface area contributed by atoms with E-state index in [0.717, 1.165) is 11.1 Å². The van der Waals surface area contributed by atoms with Crippen molar-refractivity contribution in [1.82, 2.24) is 0 Å². The molecule has 0 saturated carbocycles. The van der Waals surface area contributed by atoms with Crippen LogP contribution < -0.4 is 9.47 Å². The fraction of sp³-hybridized carbons (Fsp3) is 0.182. The van der Waals surface area contributed by atoms with Crippen molar-refractivity contribution < 1.29 is 19.1 Å². The molecule has 134 valence electrons. The first-order valence-electron chi connectivity index (χ1n) is 8.20. The van der Waals surface area contributed by atoms with Crippen LogP contribution in [0.25, 0.3) is 11.1 Å². The molecule has 0 spiro atoms. The van der Waals surface area contributed by atoms with E-state index in [1.165, 1.54) is 0 Å². The van der Waals surface area contributed by atoms with E-state index in [2.05, 4.69) is 13.2 Å². The molecule has 0 N–H and O–H groups in total. The zero-order valence-electron chi connectivity index (χ0n) is 15.1. The molecule has 2 rings (SSSR count). The first kappa shape index (κ1) is 19.2. The molecule has 0 heterocycles. The van der Waals surface area contributed by atoms with Crippen LogP contribution in [0.15, 0.2) is 72.8 Å². The van der Waals surface area contributed by atoms with Gasteiger partial charge in [0.2, 0.25) is 0 Å². The number of hydrogen-bond donors (Lipinski definition) is 0. The van der Waals surface area contributed by atoms with Gasteiger partial charge in [-0.15, -0.1) is 0 Å². The van der Waals surface area contributed by atoms with Crippen molar-refractivity contribution in [3.05, 3.63) is 72.8 Å². The third-order valence-corrected chi connectivity index (χ3v) is 3.73. The maximum atomic E-state index is 11.5. The lowest BCUT2D eigenvalue weighted by molar-refractivity contribution is -0.118. The van der Waals surface area contributed by atoms with E-state index in [4.69, 9.17) is 9.47 Å². The van der Waals surface area contributed by atoms with Gasteiger partial charge in [0, 0.05) is 0 Å². The number of benzene rings is 2. The van der Waals surface area contributed by atoms with Gasteiger partial charge in [0.05, 0.1) is 0 Å². The van der Waals surface area contributed by atoms with E-state index in [-0.39, 0.29) is 24.8 Å². The molecule has 0 unspecified atom stereocenters. The summed E-state index contributed by atoms with van der Waals surface area (Å²) in [5.74, 6) is 1.02. The summed E-state index contributed by atoms with van der Waals surface area (Å²) < 4.78 is 10.9. The number of carbonyl (C=O) groups excluding carboxylic acids is 2. The van der Waals surface area contributed by atoms with E-state index in [1.54, 1.807) is 13.8 Å². The van der Waals surface area contributed by atoms with E-state index in [0.29, 0.717) is 22.6 Å². The van der Waals surface area contributed by atoms with Crippen LogP contribution in [-0.4, -0.2) is 24.8 Å². The molecular weight excluding hydrogens is 328 g/mol. The van der Waals surface area contributed by atoms with Crippen LogP contribution in [0.3, 0.4) is 0 Å². The SMILES string of the molecule is C=C(C)C(=O)COc1ccc(-c2ccc(OCC(=O)C(=C)C)cc2)cc1. The van der Waals surface area contributed by atoms with Gasteiger partial charge in [-0.2, -0.15) is 0 Å². The highest BCUT2D eigenvalue weighted by atomic mass is 16.5. The molecular formula is C22H22O4. The van der Waals surface area contributed by atoms with Gasteiger partial charge < -0.3 is 9.47 Å². The molecule has 0 aliphatic rings. The highest BCUT2D eigenvalue weighted by molar-refractivity contribution is 5.95. The summed E-state index contributed by atoms with van der Waals surface area (Å²) in [6.45, 7) is 10.5. The maximum Gasteiger partial charge on any atom is 0.195 e. The van der Waals surface area contributed by atoms with Crippen molar-refractivity contribution in [2.24, 2.45) is 0 Å². The monoisotopic (exact) mass is 350 g/mol. The number of Topliss-reactive ketones (excluding diaryl/α,β-unsaturated/α-hetero) is 2. The number of ketones is 2. The Labute approximate surface area is 153 Å². The normalized spacial score (nSPS) is 10.1. The lowest BCUT2D eigenvalue weighted by Crippen LogP contribution is -2.11. The fourth-order valence-corrected chi connectivity index (χ4v) is 2.03.